The second-order valence-corrected chi connectivity index (χ2v) is 7.39. The van der Waals surface area contributed by atoms with Gasteiger partial charge in [-0.05, 0) is 55.4 Å². The van der Waals surface area contributed by atoms with Crippen molar-refractivity contribution in [2.24, 2.45) is 0 Å². The number of hydrogen-bond donors (Lipinski definition) is 1. The maximum Gasteiger partial charge on any atom is 0.345 e. The first-order chi connectivity index (χ1) is 15.0. The number of amides is 1. The summed E-state index contributed by atoms with van der Waals surface area (Å²) in [6.07, 6.45) is 0. The topological polar surface area (TPSA) is 142 Å². The van der Waals surface area contributed by atoms with Crippen LogP contribution in [0.25, 0.3) is 0 Å². The molecule has 166 valence electrons. The van der Waals surface area contributed by atoms with Gasteiger partial charge in [0, 0.05) is 12.1 Å². The number of rotatable bonds is 7. The molecule has 1 heterocycles. The number of nitro benzene ring substituents is 1. The molecular formula is C21H21N5O6. The Morgan fingerprint density at radius 2 is 1.75 bits per heavy atom. The molecule has 0 saturated heterocycles. The largest absolute Gasteiger partial charge is 0.457 e. The molecule has 0 radical (unpaired) electrons. The van der Waals surface area contributed by atoms with Gasteiger partial charge in [-0.3, -0.25) is 14.9 Å². The maximum absolute atomic E-state index is 12.5. The molecule has 0 aliphatic rings. The number of nitro groups is 2. The van der Waals surface area contributed by atoms with Gasteiger partial charge in [0.2, 0.25) is 0 Å². The molecule has 0 atom stereocenters. The van der Waals surface area contributed by atoms with Crippen LogP contribution in [0.2, 0.25) is 0 Å². The predicted molar refractivity (Wildman–Crippen MR) is 116 cm³/mol. The van der Waals surface area contributed by atoms with Crippen LogP contribution in [0.1, 0.15) is 22.4 Å². The van der Waals surface area contributed by atoms with Crippen molar-refractivity contribution < 1.29 is 19.4 Å². The summed E-state index contributed by atoms with van der Waals surface area (Å²) in [5.41, 5.74) is 3.09. The molecule has 1 amide bonds. The lowest BCUT2D eigenvalue weighted by Gasteiger charge is -2.13. The van der Waals surface area contributed by atoms with Gasteiger partial charge in [-0.15, -0.1) is 4.68 Å². The minimum absolute atomic E-state index is 0.118. The monoisotopic (exact) mass is 439 g/mol. The van der Waals surface area contributed by atoms with E-state index in [1.165, 1.54) is 24.3 Å². The van der Waals surface area contributed by atoms with Crippen molar-refractivity contribution in [3.05, 3.63) is 79.0 Å². The first-order valence-corrected chi connectivity index (χ1v) is 9.57. The average molecular weight is 439 g/mol. The van der Waals surface area contributed by atoms with Crippen LogP contribution in [-0.2, 0) is 11.3 Å². The summed E-state index contributed by atoms with van der Waals surface area (Å²) >= 11 is 0. The number of hydrogen-bond acceptors (Lipinski definition) is 7. The Morgan fingerprint density at radius 3 is 2.41 bits per heavy atom. The van der Waals surface area contributed by atoms with Crippen molar-refractivity contribution in [1.29, 1.82) is 0 Å². The number of nitrogens with one attached hydrogen (secondary N) is 1. The van der Waals surface area contributed by atoms with Gasteiger partial charge in [0.15, 0.2) is 6.54 Å². The molecular weight excluding hydrogens is 418 g/mol. The Labute approximate surface area is 182 Å². The van der Waals surface area contributed by atoms with Gasteiger partial charge in [0.1, 0.15) is 11.5 Å². The summed E-state index contributed by atoms with van der Waals surface area (Å²) in [5.74, 6) is -0.248. The van der Waals surface area contributed by atoms with Gasteiger partial charge >= 0.3 is 5.82 Å². The molecule has 0 aliphatic carbocycles. The molecule has 0 fully saturated rings. The molecule has 2 aromatic carbocycles. The standard InChI is InChI=1S/C21H21N5O6/c1-12-5-13(2)15(4)19(6-12)32-18-9-16(8-17(10-18)25(28)29)22-20(27)11-24-21(26(30)31)7-14(3)23-24/h5-10H,11H2,1-4H3,(H,22,27). The van der Waals surface area contributed by atoms with Gasteiger partial charge in [-0.25, -0.2) is 0 Å². The lowest BCUT2D eigenvalue weighted by atomic mass is 10.1. The van der Waals surface area contributed by atoms with Crippen molar-refractivity contribution >= 4 is 23.1 Å². The number of aryl methyl sites for hydroxylation is 3. The Kier molecular flexibility index (Phi) is 6.19. The van der Waals surface area contributed by atoms with Crippen LogP contribution in [0.4, 0.5) is 17.2 Å². The first-order valence-electron chi connectivity index (χ1n) is 9.57. The normalized spacial score (nSPS) is 10.6. The lowest BCUT2D eigenvalue weighted by molar-refractivity contribution is -0.392. The van der Waals surface area contributed by atoms with Crippen molar-refractivity contribution in [3.63, 3.8) is 0 Å². The summed E-state index contributed by atoms with van der Waals surface area (Å²) in [4.78, 5) is 33.7. The van der Waals surface area contributed by atoms with E-state index < -0.39 is 22.3 Å². The van der Waals surface area contributed by atoms with Crippen LogP contribution < -0.4 is 10.1 Å². The Balaban J connectivity index is 1.87. The highest BCUT2D eigenvalue weighted by Gasteiger charge is 2.20. The zero-order chi connectivity index (χ0) is 23.6. The maximum atomic E-state index is 12.5. The molecule has 0 unspecified atom stereocenters. The van der Waals surface area contributed by atoms with Crippen molar-refractivity contribution in [2.45, 2.75) is 34.2 Å². The molecule has 0 aliphatic heterocycles. The molecule has 11 nitrogen and oxygen atoms in total. The molecule has 1 N–H and O–H groups in total. The highest BCUT2D eigenvalue weighted by Crippen LogP contribution is 2.33. The lowest BCUT2D eigenvalue weighted by Crippen LogP contribution is -2.20. The number of benzene rings is 2. The van der Waals surface area contributed by atoms with Crippen LogP contribution in [0.3, 0.4) is 0 Å². The summed E-state index contributed by atoms with van der Waals surface area (Å²) in [6, 6.07) is 8.95. The third kappa shape index (κ3) is 5.06. The van der Waals surface area contributed by atoms with E-state index >= 15 is 0 Å². The van der Waals surface area contributed by atoms with E-state index in [0.29, 0.717) is 11.4 Å². The molecule has 3 rings (SSSR count). The van der Waals surface area contributed by atoms with E-state index in [2.05, 4.69) is 10.4 Å². The van der Waals surface area contributed by atoms with Gasteiger partial charge in [-0.1, -0.05) is 11.2 Å². The van der Waals surface area contributed by atoms with Crippen LogP contribution in [0.5, 0.6) is 11.5 Å². The molecule has 32 heavy (non-hydrogen) atoms. The number of anilines is 1. The fourth-order valence-corrected chi connectivity index (χ4v) is 3.19. The second-order valence-electron chi connectivity index (χ2n) is 7.39. The van der Waals surface area contributed by atoms with E-state index in [1.807, 2.05) is 32.9 Å². The minimum Gasteiger partial charge on any atom is -0.457 e. The summed E-state index contributed by atoms with van der Waals surface area (Å²) < 4.78 is 6.85. The van der Waals surface area contributed by atoms with Gasteiger partial charge in [-0.2, -0.15) is 0 Å². The molecule has 3 aromatic rings. The Bertz CT molecular complexity index is 1230. The Morgan fingerprint density at radius 1 is 1.03 bits per heavy atom. The number of carbonyl (C=O) groups is 1. The van der Waals surface area contributed by atoms with E-state index in [4.69, 9.17) is 4.74 Å². The predicted octanol–water partition coefficient (Wildman–Crippen LogP) is 4.36. The third-order valence-corrected chi connectivity index (χ3v) is 4.74. The van der Waals surface area contributed by atoms with Crippen LogP contribution in [-0.4, -0.2) is 25.5 Å². The molecule has 0 spiro atoms. The molecule has 1 aromatic heterocycles. The highest BCUT2D eigenvalue weighted by atomic mass is 16.6. The van der Waals surface area contributed by atoms with E-state index in [1.54, 1.807) is 6.92 Å². The Hall–Kier alpha value is -4.28. The third-order valence-electron chi connectivity index (χ3n) is 4.74. The number of non-ortho nitro benzene ring substituents is 1. The fourth-order valence-electron chi connectivity index (χ4n) is 3.19. The summed E-state index contributed by atoms with van der Waals surface area (Å²) in [5, 5.41) is 28.9. The van der Waals surface area contributed by atoms with Gasteiger partial charge in [0.25, 0.3) is 11.6 Å². The fraction of sp³-hybridized carbons (Fsp3) is 0.238. The number of ether oxygens (including phenoxy) is 1. The smallest absolute Gasteiger partial charge is 0.345 e. The highest BCUT2D eigenvalue weighted by molar-refractivity contribution is 5.91. The van der Waals surface area contributed by atoms with Crippen LogP contribution in [0, 0.1) is 47.9 Å². The summed E-state index contributed by atoms with van der Waals surface area (Å²) in [7, 11) is 0. The summed E-state index contributed by atoms with van der Waals surface area (Å²) in [6.45, 7) is 6.86. The second kappa shape index (κ2) is 8.84. The van der Waals surface area contributed by atoms with E-state index in [0.717, 1.165) is 21.4 Å². The zero-order valence-electron chi connectivity index (χ0n) is 17.9. The minimum atomic E-state index is -0.640. The van der Waals surface area contributed by atoms with Gasteiger partial charge in [0.05, 0.1) is 28.4 Å². The molecule has 11 heteroatoms. The van der Waals surface area contributed by atoms with Crippen molar-refractivity contribution in [1.82, 2.24) is 9.78 Å². The number of aromatic nitrogens is 2. The zero-order valence-corrected chi connectivity index (χ0v) is 17.9. The quantitative estimate of drug-likeness (QED) is 0.425. The van der Waals surface area contributed by atoms with Crippen LogP contribution in [0.15, 0.2) is 36.4 Å². The average Bonchev–Trinajstić information content (AvgIpc) is 3.05. The number of carbonyl (C=O) groups excluding carboxylic acids is 1. The van der Waals surface area contributed by atoms with E-state index in [9.17, 15) is 25.0 Å². The SMILES string of the molecule is Cc1cc(C)c(C)c(Oc2cc(NC(=O)Cn3nc(C)cc3[N+](=O)[O-])cc([N+](=O)[O-])c2)c1. The molecule has 0 saturated carbocycles. The number of nitrogens with zero attached hydrogens (tertiary/aromatic N) is 4. The van der Waals surface area contributed by atoms with Crippen LogP contribution >= 0.6 is 0 Å². The molecule has 0 bridgehead atoms. The van der Waals surface area contributed by atoms with Crippen molar-refractivity contribution in [3.8, 4) is 11.5 Å². The van der Waals surface area contributed by atoms with Gasteiger partial charge < -0.3 is 20.2 Å². The van der Waals surface area contributed by atoms with E-state index in [-0.39, 0.29) is 22.9 Å². The first kappa shape index (κ1) is 22.4. The van der Waals surface area contributed by atoms with Crippen molar-refractivity contribution in [2.75, 3.05) is 5.32 Å².